The third-order valence-corrected chi connectivity index (χ3v) is 4.04. The van der Waals surface area contributed by atoms with Gasteiger partial charge in [-0.2, -0.15) is 0 Å². The molecular weight excluding hydrogens is 240 g/mol. The minimum atomic E-state index is 0.112. The second-order valence-corrected chi connectivity index (χ2v) is 5.83. The van der Waals surface area contributed by atoms with Gasteiger partial charge in [0.1, 0.15) is 13.2 Å². The number of nitrogens with one attached hydrogen (secondary N) is 1. The Morgan fingerprint density at radius 3 is 2.84 bits per heavy atom. The number of nitrogens with zero attached hydrogens (tertiary/aromatic N) is 1. The first-order chi connectivity index (χ1) is 9.17. The van der Waals surface area contributed by atoms with E-state index in [1.165, 1.54) is 5.56 Å². The van der Waals surface area contributed by atoms with Crippen LogP contribution in [0, 0.1) is 0 Å². The highest BCUT2D eigenvalue weighted by Gasteiger charge is 2.31. The molecule has 1 atom stereocenters. The highest BCUT2D eigenvalue weighted by molar-refractivity contribution is 5.46. The van der Waals surface area contributed by atoms with Gasteiger partial charge in [-0.1, -0.05) is 13.0 Å². The fourth-order valence-corrected chi connectivity index (χ4v) is 2.98. The molecule has 0 spiro atoms. The summed E-state index contributed by atoms with van der Waals surface area (Å²) in [7, 11) is 2.18. The third kappa shape index (κ3) is 2.55. The summed E-state index contributed by atoms with van der Waals surface area (Å²) in [5.74, 6) is 1.76. The van der Waals surface area contributed by atoms with Gasteiger partial charge in [0.2, 0.25) is 0 Å². The lowest BCUT2D eigenvalue weighted by molar-refractivity contribution is 0.171. The summed E-state index contributed by atoms with van der Waals surface area (Å²) in [6.45, 7) is 7.81. The van der Waals surface area contributed by atoms with Crippen LogP contribution in [-0.4, -0.2) is 51.3 Å². The van der Waals surface area contributed by atoms with Crippen LogP contribution in [0.3, 0.4) is 0 Å². The van der Waals surface area contributed by atoms with Crippen molar-refractivity contribution in [2.24, 2.45) is 0 Å². The van der Waals surface area contributed by atoms with E-state index in [0.29, 0.717) is 13.2 Å². The molecular formula is C15H22N2O2. The van der Waals surface area contributed by atoms with Gasteiger partial charge in [-0.3, -0.25) is 0 Å². The zero-order valence-electron chi connectivity index (χ0n) is 11.7. The van der Waals surface area contributed by atoms with Crippen molar-refractivity contribution < 1.29 is 9.47 Å². The Labute approximate surface area is 114 Å². The normalized spacial score (nSPS) is 27.9. The predicted molar refractivity (Wildman–Crippen MR) is 75.2 cm³/mol. The molecule has 104 valence electrons. The highest BCUT2D eigenvalue weighted by atomic mass is 16.6. The lowest BCUT2D eigenvalue weighted by Crippen LogP contribution is -2.40. The first-order valence-corrected chi connectivity index (χ1v) is 6.97. The van der Waals surface area contributed by atoms with E-state index in [4.69, 9.17) is 9.47 Å². The Morgan fingerprint density at radius 1 is 1.21 bits per heavy atom. The highest BCUT2D eigenvalue weighted by Crippen LogP contribution is 2.35. The molecule has 1 saturated heterocycles. The van der Waals surface area contributed by atoms with Crippen molar-refractivity contribution in [1.29, 1.82) is 0 Å². The van der Waals surface area contributed by atoms with Crippen molar-refractivity contribution in [3.63, 3.8) is 0 Å². The van der Waals surface area contributed by atoms with Crippen LogP contribution in [0.25, 0.3) is 0 Å². The van der Waals surface area contributed by atoms with E-state index in [-0.39, 0.29) is 5.41 Å². The van der Waals surface area contributed by atoms with Gasteiger partial charge in [0.05, 0.1) is 0 Å². The lowest BCUT2D eigenvalue weighted by Gasteiger charge is -2.32. The molecule has 1 fully saturated rings. The summed E-state index contributed by atoms with van der Waals surface area (Å²) >= 11 is 0. The maximum absolute atomic E-state index is 5.70. The average Bonchev–Trinajstić information content (AvgIpc) is 2.60. The van der Waals surface area contributed by atoms with Gasteiger partial charge < -0.3 is 19.7 Å². The van der Waals surface area contributed by atoms with Crippen LogP contribution < -0.4 is 14.8 Å². The maximum Gasteiger partial charge on any atom is 0.161 e. The van der Waals surface area contributed by atoms with Crippen molar-refractivity contribution in [2.45, 2.75) is 12.3 Å². The van der Waals surface area contributed by atoms with E-state index < -0.39 is 0 Å². The first-order valence-electron chi connectivity index (χ1n) is 6.97. The zero-order chi connectivity index (χ0) is 13.3. The van der Waals surface area contributed by atoms with E-state index in [0.717, 1.165) is 37.7 Å². The van der Waals surface area contributed by atoms with E-state index in [2.05, 4.69) is 36.3 Å². The summed E-state index contributed by atoms with van der Waals surface area (Å²) in [6.07, 6.45) is 0. The molecule has 0 amide bonds. The molecule has 0 radical (unpaired) electrons. The Kier molecular flexibility index (Phi) is 3.37. The monoisotopic (exact) mass is 262 g/mol. The Morgan fingerprint density at radius 2 is 2.00 bits per heavy atom. The minimum absolute atomic E-state index is 0.112. The number of rotatable bonds is 1. The number of likely N-dealkylation sites (N-methyl/N-ethyl adjacent to an activating group) is 1. The van der Waals surface area contributed by atoms with Gasteiger partial charge in [-0.25, -0.2) is 0 Å². The van der Waals surface area contributed by atoms with Crippen molar-refractivity contribution in [2.75, 3.05) is 46.4 Å². The summed E-state index contributed by atoms with van der Waals surface area (Å²) in [6, 6.07) is 6.36. The number of benzene rings is 1. The van der Waals surface area contributed by atoms with Crippen LogP contribution in [0.4, 0.5) is 0 Å². The SMILES string of the molecule is CN1CCNCC(C)(c2ccc3c(c2)OCCO3)C1. The maximum atomic E-state index is 5.70. The van der Waals surface area contributed by atoms with Crippen molar-refractivity contribution >= 4 is 0 Å². The van der Waals surface area contributed by atoms with E-state index in [1.54, 1.807) is 0 Å². The lowest BCUT2D eigenvalue weighted by atomic mass is 9.82. The third-order valence-electron chi connectivity index (χ3n) is 4.04. The topological polar surface area (TPSA) is 33.7 Å². The number of fused-ring (bicyclic) bond motifs is 1. The standard InChI is InChI=1S/C15H22N2O2/c1-15(10-16-5-6-17(2)11-15)12-3-4-13-14(9-12)19-8-7-18-13/h3-4,9,16H,5-8,10-11H2,1-2H3. The first kappa shape index (κ1) is 12.8. The Balaban J connectivity index is 1.91. The summed E-state index contributed by atoms with van der Waals surface area (Å²) in [4.78, 5) is 2.39. The van der Waals surface area contributed by atoms with E-state index >= 15 is 0 Å². The molecule has 2 aliphatic heterocycles. The fraction of sp³-hybridized carbons (Fsp3) is 0.600. The number of hydrogen-bond acceptors (Lipinski definition) is 4. The quantitative estimate of drug-likeness (QED) is 0.826. The molecule has 1 unspecified atom stereocenters. The predicted octanol–water partition coefficient (Wildman–Crippen LogP) is 1.25. The summed E-state index contributed by atoms with van der Waals surface area (Å²) in [5.41, 5.74) is 1.43. The van der Waals surface area contributed by atoms with Gasteiger partial charge in [0.25, 0.3) is 0 Å². The van der Waals surface area contributed by atoms with Crippen LogP contribution in [0.5, 0.6) is 11.5 Å². The molecule has 4 heteroatoms. The molecule has 1 N–H and O–H groups in total. The second kappa shape index (κ2) is 5.02. The van der Waals surface area contributed by atoms with Crippen molar-refractivity contribution in [1.82, 2.24) is 10.2 Å². The molecule has 3 rings (SSSR count). The van der Waals surface area contributed by atoms with Gasteiger partial charge in [0, 0.05) is 31.6 Å². The van der Waals surface area contributed by atoms with Crippen LogP contribution in [0.15, 0.2) is 18.2 Å². The largest absolute Gasteiger partial charge is 0.486 e. The molecule has 0 saturated carbocycles. The van der Waals surface area contributed by atoms with Crippen LogP contribution in [-0.2, 0) is 5.41 Å². The van der Waals surface area contributed by atoms with E-state index in [9.17, 15) is 0 Å². The van der Waals surface area contributed by atoms with Crippen LogP contribution in [0.1, 0.15) is 12.5 Å². The van der Waals surface area contributed by atoms with Gasteiger partial charge in [-0.15, -0.1) is 0 Å². The second-order valence-electron chi connectivity index (χ2n) is 5.83. The number of ether oxygens (including phenoxy) is 2. The molecule has 1 aromatic rings. The zero-order valence-corrected chi connectivity index (χ0v) is 11.7. The van der Waals surface area contributed by atoms with Crippen LogP contribution >= 0.6 is 0 Å². The average molecular weight is 262 g/mol. The smallest absolute Gasteiger partial charge is 0.161 e. The molecule has 0 aliphatic carbocycles. The fourth-order valence-electron chi connectivity index (χ4n) is 2.98. The van der Waals surface area contributed by atoms with Crippen molar-refractivity contribution in [3.8, 4) is 11.5 Å². The molecule has 2 aliphatic rings. The number of hydrogen-bond donors (Lipinski definition) is 1. The Bertz CT molecular complexity index is 463. The minimum Gasteiger partial charge on any atom is -0.486 e. The summed E-state index contributed by atoms with van der Waals surface area (Å²) in [5, 5.41) is 3.53. The van der Waals surface area contributed by atoms with Gasteiger partial charge >= 0.3 is 0 Å². The molecule has 4 nitrogen and oxygen atoms in total. The Hall–Kier alpha value is -1.26. The van der Waals surface area contributed by atoms with Crippen LogP contribution in [0.2, 0.25) is 0 Å². The molecule has 0 aromatic heterocycles. The molecule has 1 aromatic carbocycles. The molecule has 2 heterocycles. The van der Waals surface area contributed by atoms with Gasteiger partial charge in [-0.05, 0) is 24.7 Å². The molecule has 19 heavy (non-hydrogen) atoms. The molecule has 0 bridgehead atoms. The summed E-state index contributed by atoms with van der Waals surface area (Å²) < 4.78 is 11.3. The van der Waals surface area contributed by atoms with Crippen molar-refractivity contribution in [3.05, 3.63) is 23.8 Å². The van der Waals surface area contributed by atoms with Gasteiger partial charge in [0.15, 0.2) is 11.5 Å². The van der Waals surface area contributed by atoms with E-state index in [1.807, 2.05) is 6.07 Å².